The Hall–Kier alpha value is -0.460. The van der Waals surface area contributed by atoms with Gasteiger partial charge in [0.1, 0.15) is 0 Å². The summed E-state index contributed by atoms with van der Waals surface area (Å²) < 4.78 is 5.07. The third kappa shape index (κ3) is 2.67. The average Bonchev–Trinajstić information content (AvgIpc) is 1.67. The average molecular weight is 113 g/mol. The van der Waals surface area contributed by atoms with Gasteiger partial charge in [-0.25, -0.2) is 0 Å². The Morgan fingerprint density at radius 3 is 2.12 bits per heavy atom. The van der Waals surface area contributed by atoms with Gasteiger partial charge in [-0.15, -0.1) is 0 Å². The van der Waals surface area contributed by atoms with Crippen molar-refractivity contribution < 1.29 is 4.74 Å². The van der Waals surface area contributed by atoms with Crippen LogP contribution in [0.4, 0.5) is 0 Å². The second kappa shape index (κ2) is 3.53. The van der Waals surface area contributed by atoms with Crippen LogP contribution < -0.4 is 0 Å². The van der Waals surface area contributed by atoms with Crippen molar-refractivity contribution in [2.45, 2.75) is 20.8 Å². The van der Waals surface area contributed by atoms with Crippen molar-refractivity contribution >= 4 is 0 Å². The lowest BCUT2D eigenvalue weighted by atomic mass is 10.3. The first-order chi connectivity index (χ1) is 3.68. The van der Waals surface area contributed by atoms with E-state index in [1.165, 1.54) is 0 Å². The quantitative estimate of drug-likeness (QED) is 0.498. The molecule has 0 unspecified atom stereocenters. The van der Waals surface area contributed by atoms with Gasteiger partial charge in [-0.3, -0.25) is 0 Å². The number of rotatable bonds is 2. The number of hydrogen-bond donors (Lipinski definition) is 0. The SMILES string of the molecule is [CH2]C(OCC)=C(C)C. The Morgan fingerprint density at radius 1 is 1.50 bits per heavy atom. The van der Waals surface area contributed by atoms with E-state index in [4.69, 9.17) is 4.74 Å². The first kappa shape index (κ1) is 7.54. The van der Waals surface area contributed by atoms with Crippen molar-refractivity contribution in [1.82, 2.24) is 0 Å². The zero-order chi connectivity index (χ0) is 6.57. The maximum Gasteiger partial charge on any atom is 0.0950 e. The summed E-state index contributed by atoms with van der Waals surface area (Å²) in [5, 5.41) is 0. The van der Waals surface area contributed by atoms with Gasteiger partial charge in [0.2, 0.25) is 0 Å². The molecule has 0 N–H and O–H groups in total. The first-order valence-electron chi connectivity index (χ1n) is 2.80. The van der Waals surface area contributed by atoms with Crippen LogP contribution >= 0.6 is 0 Å². The van der Waals surface area contributed by atoms with Crippen LogP contribution in [0.15, 0.2) is 11.3 Å². The topological polar surface area (TPSA) is 9.23 Å². The predicted octanol–water partition coefficient (Wildman–Crippen LogP) is 2.15. The van der Waals surface area contributed by atoms with E-state index in [9.17, 15) is 0 Å². The van der Waals surface area contributed by atoms with Crippen molar-refractivity contribution in [1.29, 1.82) is 0 Å². The van der Waals surface area contributed by atoms with E-state index in [-0.39, 0.29) is 0 Å². The van der Waals surface area contributed by atoms with E-state index < -0.39 is 0 Å². The van der Waals surface area contributed by atoms with Gasteiger partial charge in [0.15, 0.2) is 0 Å². The third-order valence-corrected chi connectivity index (χ3v) is 0.876. The van der Waals surface area contributed by atoms with Crippen LogP contribution in [0, 0.1) is 6.92 Å². The summed E-state index contributed by atoms with van der Waals surface area (Å²) in [6.45, 7) is 10.3. The molecule has 0 aromatic carbocycles. The van der Waals surface area contributed by atoms with Crippen molar-refractivity contribution in [3.05, 3.63) is 18.3 Å². The van der Waals surface area contributed by atoms with Crippen LogP contribution in [0.5, 0.6) is 0 Å². The molecule has 0 fully saturated rings. The molecule has 47 valence electrons. The predicted molar refractivity (Wildman–Crippen MR) is 35.4 cm³/mol. The number of allylic oxidation sites excluding steroid dienone is 2. The summed E-state index contributed by atoms with van der Waals surface area (Å²) in [6, 6.07) is 0. The second-order valence-corrected chi connectivity index (χ2v) is 1.86. The summed E-state index contributed by atoms with van der Waals surface area (Å²) in [4.78, 5) is 0. The lowest BCUT2D eigenvalue weighted by Gasteiger charge is -2.02. The molecule has 1 nitrogen and oxygen atoms in total. The highest BCUT2D eigenvalue weighted by atomic mass is 16.5. The monoisotopic (exact) mass is 113 g/mol. The highest BCUT2D eigenvalue weighted by Crippen LogP contribution is 2.01. The molecular weight excluding hydrogens is 100 g/mol. The molecule has 1 heteroatoms. The van der Waals surface area contributed by atoms with E-state index in [0.29, 0.717) is 6.61 Å². The highest BCUT2D eigenvalue weighted by molar-refractivity contribution is 5.04. The van der Waals surface area contributed by atoms with E-state index in [1.54, 1.807) is 0 Å². The largest absolute Gasteiger partial charge is 0.498 e. The molecule has 0 saturated heterocycles. The van der Waals surface area contributed by atoms with E-state index in [0.717, 1.165) is 11.3 Å². The fraction of sp³-hybridized carbons (Fsp3) is 0.571. The minimum atomic E-state index is 0.712. The molecular formula is C7H13O. The Kier molecular flexibility index (Phi) is 3.33. The van der Waals surface area contributed by atoms with Crippen molar-refractivity contribution in [2.75, 3.05) is 6.61 Å². The normalized spacial score (nSPS) is 8.50. The lowest BCUT2D eigenvalue weighted by Crippen LogP contribution is -1.88. The summed E-state index contributed by atoms with van der Waals surface area (Å²) in [7, 11) is 0. The van der Waals surface area contributed by atoms with Crippen LogP contribution in [0.1, 0.15) is 20.8 Å². The van der Waals surface area contributed by atoms with Crippen LogP contribution in [-0.2, 0) is 4.74 Å². The molecule has 0 rings (SSSR count). The van der Waals surface area contributed by atoms with Crippen LogP contribution in [0.3, 0.4) is 0 Å². The molecule has 0 aromatic rings. The fourth-order valence-electron chi connectivity index (χ4n) is 0.319. The molecule has 1 radical (unpaired) electrons. The number of ether oxygens (including phenoxy) is 1. The fourth-order valence-corrected chi connectivity index (χ4v) is 0.319. The van der Waals surface area contributed by atoms with Crippen LogP contribution in [0.2, 0.25) is 0 Å². The van der Waals surface area contributed by atoms with E-state index in [2.05, 4.69) is 6.92 Å². The molecule has 0 aliphatic rings. The molecule has 0 aliphatic heterocycles. The lowest BCUT2D eigenvalue weighted by molar-refractivity contribution is 0.238. The van der Waals surface area contributed by atoms with E-state index in [1.807, 2.05) is 20.8 Å². The molecule has 0 aromatic heterocycles. The minimum absolute atomic E-state index is 0.712. The first-order valence-corrected chi connectivity index (χ1v) is 2.80. The summed E-state index contributed by atoms with van der Waals surface area (Å²) >= 11 is 0. The minimum Gasteiger partial charge on any atom is -0.498 e. The van der Waals surface area contributed by atoms with Crippen LogP contribution in [0.25, 0.3) is 0 Å². The van der Waals surface area contributed by atoms with Gasteiger partial charge in [-0.05, 0) is 26.3 Å². The molecule has 0 bridgehead atoms. The maximum absolute atomic E-state index is 5.07. The summed E-state index contributed by atoms with van der Waals surface area (Å²) in [6.07, 6.45) is 0. The van der Waals surface area contributed by atoms with Gasteiger partial charge in [0, 0.05) is 6.92 Å². The Labute approximate surface area is 51.4 Å². The summed E-state index contributed by atoms with van der Waals surface area (Å²) in [5.41, 5.74) is 1.15. The molecule has 0 spiro atoms. The van der Waals surface area contributed by atoms with E-state index >= 15 is 0 Å². The molecule has 0 heterocycles. The van der Waals surface area contributed by atoms with Crippen LogP contribution in [-0.4, -0.2) is 6.61 Å². The second-order valence-electron chi connectivity index (χ2n) is 1.86. The molecule has 0 amide bonds. The smallest absolute Gasteiger partial charge is 0.0950 e. The zero-order valence-electron chi connectivity index (χ0n) is 5.82. The molecule has 0 aliphatic carbocycles. The molecule has 8 heavy (non-hydrogen) atoms. The zero-order valence-corrected chi connectivity index (χ0v) is 5.82. The number of hydrogen-bond acceptors (Lipinski definition) is 1. The highest BCUT2D eigenvalue weighted by Gasteiger charge is 1.87. The third-order valence-electron chi connectivity index (χ3n) is 0.876. The maximum atomic E-state index is 5.07. The van der Waals surface area contributed by atoms with Gasteiger partial charge in [-0.2, -0.15) is 0 Å². The Bertz CT molecular complexity index is 88.6. The standard InChI is InChI=1S/C7H13O/c1-5-8-7(4)6(2)3/h4-5H2,1-3H3. The van der Waals surface area contributed by atoms with Gasteiger partial charge >= 0.3 is 0 Å². The Balaban J connectivity index is 3.62. The van der Waals surface area contributed by atoms with Gasteiger partial charge in [0.05, 0.1) is 12.4 Å². The van der Waals surface area contributed by atoms with Gasteiger partial charge in [-0.1, -0.05) is 0 Å². The van der Waals surface area contributed by atoms with Gasteiger partial charge in [0.25, 0.3) is 0 Å². The van der Waals surface area contributed by atoms with Crippen molar-refractivity contribution in [3.8, 4) is 0 Å². The van der Waals surface area contributed by atoms with Crippen molar-refractivity contribution in [3.63, 3.8) is 0 Å². The molecule has 0 atom stereocenters. The summed E-state index contributed by atoms with van der Waals surface area (Å²) in [5.74, 6) is 0.799. The molecule has 0 saturated carbocycles. The Morgan fingerprint density at radius 2 is 2.00 bits per heavy atom. The van der Waals surface area contributed by atoms with Crippen molar-refractivity contribution in [2.24, 2.45) is 0 Å². The van der Waals surface area contributed by atoms with Gasteiger partial charge < -0.3 is 4.74 Å².